The molecule has 3 unspecified atom stereocenters. The zero-order valence-electron chi connectivity index (χ0n) is 11.9. The van der Waals surface area contributed by atoms with Gasteiger partial charge in [0, 0.05) is 17.6 Å². The predicted octanol–water partition coefficient (Wildman–Crippen LogP) is 1.21. The van der Waals surface area contributed by atoms with E-state index in [9.17, 15) is 14.7 Å². The molecule has 2 aliphatic heterocycles. The number of carbonyl (C=O) groups excluding carboxylic acids is 2. The van der Waals surface area contributed by atoms with Crippen molar-refractivity contribution in [2.45, 2.75) is 37.5 Å². The molecule has 2 saturated heterocycles. The third-order valence-corrected chi connectivity index (χ3v) is 4.62. The average Bonchev–Trinajstić information content (AvgIpc) is 2.82. The molecule has 1 N–H and O–H groups in total. The predicted molar refractivity (Wildman–Crippen MR) is 75.6 cm³/mol. The molecule has 0 aliphatic carbocycles. The van der Waals surface area contributed by atoms with E-state index < -0.39 is 18.0 Å². The van der Waals surface area contributed by atoms with Crippen LogP contribution in [0.1, 0.15) is 29.6 Å². The minimum absolute atomic E-state index is 0.0126. The monoisotopic (exact) mass is 289 g/mol. The first-order valence-electron chi connectivity index (χ1n) is 7.27. The highest BCUT2D eigenvalue weighted by atomic mass is 16.5. The molecular formula is C16H19NO4. The minimum atomic E-state index is -0.727. The van der Waals surface area contributed by atoms with Gasteiger partial charge in [-0.2, -0.15) is 0 Å². The molecule has 0 radical (unpaired) electrons. The lowest BCUT2D eigenvalue weighted by atomic mass is 9.87. The van der Waals surface area contributed by atoms with E-state index in [0.717, 1.165) is 12.8 Å². The van der Waals surface area contributed by atoms with E-state index in [-0.39, 0.29) is 18.0 Å². The molecule has 1 amide bonds. The summed E-state index contributed by atoms with van der Waals surface area (Å²) in [5.74, 6) is -1.14. The highest BCUT2D eigenvalue weighted by molar-refractivity contribution is 5.95. The standard InChI is InChI=1S/C16H19NO4/c1-21-16(20)14-12-8-7-11(9-13(14)18)17(12)15(19)10-5-3-2-4-6-10/h2-6,11-14,18H,7-9H2,1H3/t11?,12-,13?,14?/m1/s1. The summed E-state index contributed by atoms with van der Waals surface area (Å²) in [7, 11) is 1.32. The van der Waals surface area contributed by atoms with Gasteiger partial charge >= 0.3 is 5.97 Å². The van der Waals surface area contributed by atoms with Gasteiger partial charge < -0.3 is 14.7 Å². The van der Waals surface area contributed by atoms with Crippen molar-refractivity contribution in [2.24, 2.45) is 5.92 Å². The van der Waals surface area contributed by atoms with Crippen molar-refractivity contribution in [3.63, 3.8) is 0 Å². The molecule has 2 bridgehead atoms. The fourth-order valence-corrected chi connectivity index (χ4v) is 3.67. The first-order chi connectivity index (χ1) is 10.1. The summed E-state index contributed by atoms with van der Waals surface area (Å²) in [5.41, 5.74) is 0.620. The number of ether oxygens (including phenoxy) is 1. The third kappa shape index (κ3) is 2.31. The Morgan fingerprint density at radius 2 is 1.95 bits per heavy atom. The Labute approximate surface area is 123 Å². The van der Waals surface area contributed by atoms with Crippen LogP contribution in [0, 0.1) is 5.92 Å². The minimum Gasteiger partial charge on any atom is -0.469 e. The first-order valence-corrected chi connectivity index (χ1v) is 7.27. The van der Waals surface area contributed by atoms with Crippen molar-refractivity contribution >= 4 is 11.9 Å². The maximum absolute atomic E-state index is 12.7. The number of nitrogens with zero attached hydrogens (tertiary/aromatic N) is 1. The molecule has 3 rings (SSSR count). The molecular weight excluding hydrogens is 270 g/mol. The van der Waals surface area contributed by atoms with Crippen molar-refractivity contribution in [3.05, 3.63) is 35.9 Å². The number of rotatable bonds is 2. The molecule has 1 aromatic carbocycles. The van der Waals surface area contributed by atoms with Gasteiger partial charge in [-0.25, -0.2) is 0 Å². The Morgan fingerprint density at radius 3 is 2.62 bits per heavy atom. The number of hydrogen-bond donors (Lipinski definition) is 1. The molecule has 112 valence electrons. The van der Waals surface area contributed by atoms with Crippen LogP contribution < -0.4 is 0 Å². The summed E-state index contributed by atoms with van der Waals surface area (Å²) < 4.78 is 4.81. The SMILES string of the molecule is COC(=O)C1C(O)CC2CC[C@H]1N2C(=O)c1ccccc1. The molecule has 0 saturated carbocycles. The Hall–Kier alpha value is -1.88. The van der Waals surface area contributed by atoms with Crippen LogP contribution in [-0.4, -0.2) is 47.2 Å². The lowest BCUT2D eigenvalue weighted by Gasteiger charge is -2.41. The van der Waals surface area contributed by atoms with Crippen LogP contribution in [0.4, 0.5) is 0 Å². The van der Waals surface area contributed by atoms with Gasteiger partial charge in [0.1, 0.15) is 5.92 Å². The van der Waals surface area contributed by atoms with Gasteiger partial charge in [-0.05, 0) is 31.4 Å². The smallest absolute Gasteiger partial charge is 0.313 e. The molecule has 0 spiro atoms. The second kappa shape index (κ2) is 5.48. The lowest BCUT2D eigenvalue weighted by Crippen LogP contribution is -2.55. The van der Waals surface area contributed by atoms with E-state index in [1.807, 2.05) is 18.2 Å². The van der Waals surface area contributed by atoms with E-state index in [2.05, 4.69) is 0 Å². The number of aliphatic hydroxyl groups excluding tert-OH is 1. The molecule has 1 aromatic rings. The van der Waals surface area contributed by atoms with Crippen molar-refractivity contribution in [1.82, 2.24) is 4.90 Å². The largest absolute Gasteiger partial charge is 0.469 e. The van der Waals surface area contributed by atoms with E-state index in [1.54, 1.807) is 17.0 Å². The number of aliphatic hydroxyl groups is 1. The number of amides is 1. The summed E-state index contributed by atoms with van der Waals surface area (Å²) in [4.78, 5) is 26.4. The van der Waals surface area contributed by atoms with E-state index in [0.29, 0.717) is 12.0 Å². The van der Waals surface area contributed by atoms with Crippen molar-refractivity contribution < 1.29 is 19.4 Å². The number of fused-ring (bicyclic) bond motifs is 2. The van der Waals surface area contributed by atoms with Gasteiger partial charge in [0.2, 0.25) is 0 Å². The zero-order valence-corrected chi connectivity index (χ0v) is 11.9. The van der Waals surface area contributed by atoms with Gasteiger partial charge in [-0.3, -0.25) is 9.59 Å². The first kappa shape index (κ1) is 14.1. The van der Waals surface area contributed by atoms with Gasteiger partial charge in [0.25, 0.3) is 5.91 Å². The van der Waals surface area contributed by atoms with Crippen LogP contribution in [-0.2, 0) is 9.53 Å². The van der Waals surface area contributed by atoms with E-state index in [1.165, 1.54) is 7.11 Å². The van der Waals surface area contributed by atoms with Crippen LogP contribution in [0.3, 0.4) is 0 Å². The summed E-state index contributed by atoms with van der Waals surface area (Å²) in [6.45, 7) is 0. The number of carbonyl (C=O) groups is 2. The van der Waals surface area contributed by atoms with E-state index >= 15 is 0 Å². The number of methoxy groups -OCH3 is 1. The van der Waals surface area contributed by atoms with Crippen LogP contribution >= 0.6 is 0 Å². The number of piperidine rings is 1. The Morgan fingerprint density at radius 1 is 1.24 bits per heavy atom. The number of esters is 1. The van der Waals surface area contributed by atoms with Gasteiger partial charge in [-0.1, -0.05) is 18.2 Å². The summed E-state index contributed by atoms with van der Waals surface area (Å²) in [6.07, 6.45) is 1.28. The lowest BCUT2D eigenvalue weighted by molar-refractivity contribution is -0.155. The fourth-order valence-electron chi connectivity index (χ4n) is 3.67. The van der Waals surface area contributed by atoms with Crippen LogP contribution in [0.25, 0.3) is 0 Å². The van der Waals surface area contributed by atoms with Crippen LogP contribution in [0.15, 0.2) is 30.3 Å². The maximum Gasteiger partial charge on any atom is 0.313 e. The Balaban J connectivity index is 1.90. The summed E-state index contributed by atoms with van der Waals surface area (Å²) in [5, 5.41) is 10.2. The van der Waals surface area contributed by atoms with Crippen molar-refractivity contribution in [3.8, 4) is 0 Å². The highest BCUT2D eigenvalue weighted by Crippen LogP contribution is 2.40. The van der Waals surface area contributed by atoms with Crippen LogP contribution in [0.5, 0.6) is 0 Å². The maximum atomic E-state index is 12.7. The van der Waals surface area contributed by atoms with Crippen LogP contribution in [0.2, 0.25) is 0 Å². The number of hydrogen-bond acceptors (Lipinski definition) is 4. The molecule has 2 heterocycles. The molecule has 21 heavy (non-hydrogen) atoms. The van der Waals surface area contributed by atoms with E-state index in [4.69, 9.17) is 4.74 Å². The third-order valence-electron chi connectivity index (χ3n) is 4.62. The van der Waals surface area contributed by atoms with Gasteiger partial charge in [0.05, 0.1) is 13.2 Å². The Kier molecular flexibility index (Phi) is 3.68. The van der Waals surface area contributed by atoms with Gasteiger partial charge in [0.15, 0.2) is 0 Å². The summed E-state index contributed by atoms with van der Waals surface area (Å²) >= 11 is 0. The van der Waals surface area contributed by atoms with Crippen molar-refractivity contribution in [1.29, 1.82) is 0 Å². The molecule has 5 heteroatoms. The molecule has 5 nitrogen and oxygen atoms in total. The topological polar surface area (TPSA) is 66.8 Å². The molecule has 0 aromatic heterocycles. The van der Waals surface area contributed by atoms with Crippen molar-refractivity contribution in [2.75, 3.05) is 7.11 Å². The normalized spacial score (nSPS) is 31.0. The van der Waals surface area contributed by atoms with Gasteiger partial charge in [-0.15, -0.1) is 0 Å². The number of benzene rings is 1. The second-order valence-corrected chi connectivity index (χ2v) is 5.73. The second-order valence-electron chi connectivity index (χ2n) is 5.73. The fraction of sp³-hybridized carbons (Fsp3) is 0.500. The highest BCUT2D eigenvalue weighted by Gasteiger charge is 2.52. The molecule has 2 fully saturated rings. The molecule has 2 aliphatic rings. The molecule has 4 atom stereocenters. The zero-order chi connectivity index (χ0) is 15.0. The quantitative estimate of drug-likeness (QED) is 0.831. The summed E-state index contributed by atoms with van der Waals surface area (Å²) in [6, 6.07) is 8.82. The Bertz CT molecular complexity index is 544. The average molecular weight is 289 g/mol.